The van der Waals surface area contributed by atoms with Gasteiger partial charge in [-0.05, 0) is 42.5 Å². The Labute approximate surface area is 212 Å². The third-order valence-electron chi connectivity index (χ3n) is 7.25. The van der Waals surface area contributed by atoms with Crippen LogP contribution < -0.4 is 0 Å². The smallest absolute Gasteiger partial charge is 0.253 e. The molecule has 0 unspecified atom stereocenters. The zero-order chi connectivity index (χ0) is 25.5. The summed E-state index contributed by atoms with van der Waals surface area (Å²) in [6, 6.07) is 18.5. The zero-order valence-electron chi connectivity index (χ0n) is 20.1. The molecule has 9 heteroatoms. The third kappa shape index (κ3) is 4.35. The number of hydrogen-bond acceptors (Lipinski definition) is 4. The fourth-order valence-electron chi connectivity index (χ4n) is 5.08. The van der Waals surface area contributed by atoms with E-state index in [1.54, 1.807) is 24.4 Å². The second-order valence-electron chi connectivity index (χ2n) is 9.49. The lowest BCUT2D eigenvalue weighted by Gasteiger charge is -2.48. The summed E-state index contributed by atoms with van der Waals surface area (Å²) in [5.74, 6) is -1.83. The Morgan fingerprint density at radius 3 is 2.22 bits per heavy atom. The average molecular weight is 502 g/mol. The number of rotatable bonds is 4. The van der Waals surface area contributed by atoms with Crippen molar-refractivity contribution in [1.29, 1.82) is 0 Å². The van der Waals surface area contributed by atoms with Crippen LogP contribution in [0, 0.1) is 11.6 Å². The molecule has 0 aliphatic carbocycles. The van der Waals surface area contributed by atoms with Crippen molar-refractivity contribution in [3.8, 4) is 5.69 Å². The minimum atomic E-state index is -0.940. The van der Waals surface area contributed by atoms with E-state index >= 15 is 0 Å². The van der Waals surface area contributed by atoms with E-state index in [0.717, 1.165) is 30.6 Å². The lowest BCUT2D eigenvalue weighted by molar-refractivity contribution is 0.00854. The number of carbonyl (C=O) groups excluding carboxylic acids is 2. The van der Waals surface area contributed by atoms with E-state index in [1.807, 2.05) is 40.1 Å². The Morgan fingerprint density at radius 2 is 1.49 bits per heavy atom. The van der Waals surface area contributed by atoms with E-state index in [-0.39, 0.29) is 17.9 Å². The number of likely N-dealkylation sites (tertiary alicyclic amines) is 1. The van der Waals surface area contributed by atoms with Crippen molar-refractivity contribution < 1.29 is 18.4 Å². The molecule has 188 valence electrons. The first-order valence-electron chi connectivity index (χ1n) is 12.3. The number of hydrogen-bond donors (Lipinski definition) is 0. The molecule has 0 bridgehead atoms. The van der Waals surface area contributed by atoms with Crippen LogP contribution in [0.15, 0.2) is 72.9 Å². The van der Waals surface area contributed by atoms with E-state index in [0.29, 0.717) is 48.5 Å². The minimum absolute atomic E-state index is 0.0448. The summed E-state index contributed by atoms with van der Waals surface area (Å²) in [5, 5.41) is 5.04. The van der Waals surface area contributed by atoms with Crippen LogP contribution in [0.2, 0.25) is 0 Å². The van der Waals surface area contributed by atoms with E-state index in [9.17, 15) is 18.4 Å². The van der Waals surface area contributed by atoms with Crippen molar-refractivity contribution in [2.45, 2.75) is 6.04 Å². The fourth-order valence-corrected chi connectivity index (χ4v) is 5.08. The number of aromatic nitrogens is 2. The van der Waals surface area contributed by atoms with Crippen molar-refractivity contribution in [3.05, 3.63) is 95.7 Å². The number of nitrogens with zero attached hydrogens (tertiary/aromatic N) is 5. The van der Waals surface area contributed by atoms with Gasteiger partial charge in [0.15, 0.2) is 11.6 Å². The second kappa shape index (κ2) is 9.40. The molecule has 2 saturated heterocycles. The van der Waals surface area contributed by atoms with Gasteiger partial charge >= 0.3 is 0 Å². The predicted molar refractivity (Wildman–Crippen MR) is 135 cm³/mol. The van der Waals surface area contributed by atoms with Crippen LogP contribution in [0.1, 0.15) is 20.7 Å². The first-order valence-corrected chi connectivity index (χ1v) is 12.3. The van der Waals surface area contributed by atoms with E-state index in [4.69, 9.17) is 0 Å². The van der Waals surface area contributed by atoms with Crippen LogP contribution in [0.4, 0.5) is 8.78 Å². The normalized spacial score (nSPS) is 16.7. The van der Waals surface area contributed by atoms with Crippen LogP contribution in [-0.4, -0.2) is 81.6 Å². The highest BCUT2D eigenvalue weighted by Crippen LogP contribution is 2.24. The maximum absolute atomic E-state index is 13.7. The molecule has 0 atom stereocenters. The highest BCUT2D eigenvalue weighted by Gasteiger charge is 2.37. The van der Waals surface area contributed by atoms with Gasteiger partial charge in [-0.15, -0.1) is 0 Å². The van der Waals surface area contributed by atoms with Crippen molar-refractivity contribution in [2.75, 3.05) is 39.3 Å². The van der Waals surface area contributed by atoms with Gasteiger partial charge < -0.3 is 9.80 Å². The molecule has 6 rings (SSSR count). The van der Waals surface area contributed by atoms with Gasteiger partial charge in [0.25, 0.3) is 11.8 Å². The van der Waals surface area contributed by atoms with Gasteiger partial charge in [-0.1, -0.05) is 18.2 Å². The summed E-state index contributed by atoms with van der Waals surface area (Å²) < 4.78 is 28.5. The second-order valence-corrected chi connectivity index (χ2v) is 9.49. The number of fused-ring (bicyclic) bond motifs is 1. The van der Waals surface area contributed by atoms with Gasteiger partial charge in [-0.3, -0.25) is 14.5 Å². The van der Waals surface area contributed by atoms with Gasteiger partial charge in [0.05, 0.1) is 17.4 Å². The molecule has 3 heterocycles. The molecule has 4 aromatic rings. The lowest BCUT2D eigenvalue weighted by atomic mass is 10.0. The summed E-state index contributed by atoms with van der Waals surface area (Å²) in [4.78, 5) is 31.8. The standard InChI is InChI=1S/C28H25F2N5O2/c29-24-8-7-22(15-25(24)30)35-26-9-6-20(14-21(26)16-31-35)28(37)34-17-23(18-34)32-10-12-33(13-11-32)27(36)19-4-2-1-3-5-19/h1-9,14-16,23H,10-13,17-18H2. The molecule has 0 spiro atoms. The zero-order valence-corrected chi connectivity index (χ0v) is 20.1. The first kappa shape index (κ1) is 23.3. The van der Waals surface area contributed by atoms with E-state index in [2.05, 4.69) is 10.00 Å². The van der Waals surface area contributed by atoms with Gasteiger partial charge in [-0.25, -0.2) is 13.5 Å². The highest BCUT2D eigenvalue weighted by molar-refractivity contribution is 5.98. The number of halogens is 2. The quantitative estimate of drug-likeness (QED) is 0.429. The largest absolute Gasteiger partial charge is 0.336 e. The summed E-state index contributed by atoms with van der Waals surface area (Å²) in [6.07, 6.45) is 1.61. The Morgan fingerprint density at radius 1 is 0.757 bits per heavy atom. The van der Waals surface area contributed by atoms with E-state index < -0.39 is 11.6 Å². The minimum Gasteiger partial charge on any atom is -0.336 e. The summed E-state index contributed by atoms with van der Waals surface area (Å²) >= 11 is 0. The van der Waals surface area contributed by atoms with Crippen molar-refractivity contribution in [2.24, 2.45) is 0 Å². The van der Waals surface area contributed by atoms with Crippen LogP contribution in [0.25, 0.3) is 16.6 Å². The molecule has 2 fully saturated rings. The Bertz CT molecular complexity index is 1470. The molecule has 2 aliphatic heterocycles. The number of piperazine rings is 1. The number of amides is 2. The van der Waals surface area contributed by atoms with Crippen molar-refractivity contribution in [3.63, 3.8) is 0 Å². The van der Waals surface area contributed by atoms with Crippen LogP contribution >= 0.6 is 0 Å². The molecular formula is C28H25F2N5O2. The summed E-state index contributed by atoms with van der Waals surface area (Å²) in [6.45, 7) is 4.24. The molecule has 2 aliphatic rings. The summed E-state index contributed by atoms with van der Waals surface area (Å²) in [5.41, 5.74) is 2.38. The summed E-state index contributed by atoms with van der Waals surface area (Å²) in [7, 11) is 0. The van der Waals surface area contributed by atoms with Gasteiger partial charge in [-0.2, -0.15) is 5.10 Å². The number of benzene rings is 3. The molecule has 1 aromatic heterocycles. The average Bonchev–Trinajstić information content (AvgIpc) is 3.33. The monoisotopic (exact) mass is 501 g/mol. The topological polar surface area (TPSA) is 61.7 Å². The van der Waals surface area contributed by atoms with Crippen LogP contribution in [0.3, 0.4) is 0 Å². The van der Waals surface area contributed by atoms with Gasteiger partial charge in [0, 0.05) is 67.9 Å². The highest BCUT2D eigenvalue weighted by atomic mass is 19.2. The SMILES string of the molecule is O=C(c1ccccc1)N1CCN(C2CN(C(=O)c3ccc4c(cnn4-c4ccc(F)c(F)c4)c3)C2)CC1. The molecule has 0 N–H and O–H groups in total. The van der Waals surface area contributed by atoms with Crippen LogP contribution in [0.5, 0.6) is 0 Å². The Balaban J connectivity index is 1.06. The first-order chi connectivity index (χ1) is 18.0. The maximum Gasteiger partial charge on any atom is 0.253 e. The maximum atomic E-state index is 13.7. The van der Waals surface area contributed by atoms with Gasteiger partial charge in [0.1, 0.15) is 0 Å². The molecular weight excluding hydrogens is 476 g/mol. The molecule has 2 amide bonds. The van der Waals surface area contributed by atoms with Crippen LogP contribution in [-0.2, 0) is 0 Å². The fraction of sp³-hybridized carbons (Fsp3) is 0.250. The molecule has 0 radical (unpaired) electrons. The lowest BCUT2D eigenvalue weighted by Crippen LogP contribution is -2.64. The molecule has 7 nitrogen and oxygen atoms in total. The molecule has 0 saturated carbocycles. The Kier molecular flexibility index (Phi) is 5.92. The Hall–Kier alpha value is -4.11. The van der Waals surface area contributed by atoms with Gasteiger partial charge in [0.2, 0.25) is 0 Å². The molecule has 3 aromatic carbocycles. The van der Waals surface area contributed by atoms with Crippen molar-refractivity contribution >= 4 is 22.7 Å². The number of carbonyl (C=O) groups is 2. The predicted octanol–water partition coefficient (Wildman–Crippen LogP) is 3.59. The molecule has 37 heavy (non-hydrogen) atoms. The third-order valence-corrected chi connectivity index (χ3v) is 7.25. The van der Waals surface area contributed by atoms with Crippen molar-refractivity contribution in [1.82, 2.24) is 24.5 Å². The van der Waals surface area contributed by atoms with E-state index in [1.165, 1.54) is 10.7 Å².